The monoisotopic (exact) mass is 232 g/mol. The fourth-order valence-electron chi connectivity index (χ4n) is 2.54. The van der Waals surface area contributed by atoms with Crippen molar-refractivity contribution in [3.63, 3.8) is 0 Å². The maximum Gasteiger partial charge on any atom is 0.340 e. The van der Waals surface area contributed by atoms with Crippen molar-refractivity contribution in [2.45, 2.75) is 44.5 Å². The van der Waals surface area contributed by atoms with E-state index >= 15 is 0 Å². The summed E-state index contributed by atoms with van der Waals surface area (Å²) in [6, 6.07) is 7.47. The summed E-state index contributed by atoms with van der Waals surface area (Å²) in [6.07, 6.45) is 4.26. The molecule has 3 heteroatoms. The smallest absolute Gasteiger partial charge is 0.340 e. The number of hydrogen-bond acceptors (Lipinski definition) is 3. The second-order valence-electron chi connectivity index (χ2n) is 4.92. The van der Waals surface area contributed by atoms with Crippen LogP contribution in [0.4, 0.5) is 0 Å². The molecular weight excluding hydrogens is 216 g/mol. The van der Waals surface area contributed by atoms with Crippen molar-refractivity contribution in [2.24, 2.45) is 0 Å². The van der Waals surface area contributed by atoms with Gasteiger partial charge >= 0.3 is 5.97 Å². The van der Waals surface area contributed by atoms with Crippen LogP contribution < -0.4 is 0 Å². The third-order valence-corrected chi connectivity index (χ3v) is 3.54. The summed E-state index contributed by atoms with van der Waals surface area (Å²) in [7, 11) is 0. The van der Waals surface area contributed by atoms with Crippen LogP contribution >= 0.6 is 0 Å². The molecule has 0 amide bonds. The number of carbonyl (C=O) groups excluding carboxylic acids is 1. The van der Waals surface area contributed by atoms with E-state index in [1.807, 2.05) is 25.1 Å². The highest BCUT2D eigenvalue weighted by molar-refractivity contribution is 5.90. The molecule has 0 radical (unpaired) electrons. The Kier molecular flexibility index (Phi) is 2.44. The van der Waals surface area contributed by atoms with E-state index in [2.05, 4.69) is 0 Å². The van der Waals surface area contributed by atoms with Crippen LogP contribution in [-0.2, 0) is 9.47 Å². The molecule has 0 unspecified atom stereocenters. The quantitative estimate of drug-likeness (QED) is 0.581. The molecule has 0 aromatic heterocycles. The Labute approximate surface area is 101 Å². The lowest BCUT2D eigenvalue weighted by Crippen LogP contribution is -2.26. The number of rotatable bonds is 2. The average molecular weight is 232 g/mol. The summed E-state index contributed by atoms with van der Waals surface area (Å²) in [5.41, 5.74) is 1.67. The maximum absolute atomic E-state index is 12.0. The lowest BCUT2D eigenvalue weighted by atomic mass is 9.98. The molecule has 1 saturated heterocycles. The lowest BCUT2D eigenvalue weighted by molar-refractivity contribution is -0.0245. The fourth-order valence-corrected chi connectivity index (χ4v) is 2.54. The first-order chi connectivity index (χ1) is 8.20. The molecule has 2 atom stereocenters. The van der Waals surface area contributed by atoms with Gasteiger partial charge in [0.2, 0.25) is 5.79 Å². The van der Waals surface area contributed by atoms with Crippen LogP contribution in [-0.4, -0.2) is 17.9 Å². The van der Waals surface area contributed by atoms with E-state index in [1.54, 1.807) is 6.07 Å². The van der Waals surface area contributed by atoms with Gasteiger partial charge in [-0.1, -0.05) is 24.1 Å². The molecule has 1 aromatic carbocycles. The second kappa shape index (κ2) is 3.84. The fraction of sp³-hybridized carbons (Fsp3) is 0.500. The minimum atomic E-state index is -0.584. The second-order valence-corrected chi connectivity index (χ2v) is 4.92. The van der Waals surface area contributed by atoms with Crippen molar-refractivity contribution in [1.82, 2.24) is 0 Å². The summed E-state index contributed by atoms with van der Waals surface area (Å²) >= 11 is 0. The van der Waals surface area contributed by atoms with Gasteiger partial charge in [-0.3, -0.25) is 0 Å². The van der Waals surface area contributed by atoms with E-state index in [9.17, 15) is 4.79 Å². The topological polar surface area (TPSA) is 38.8 Å². The summed E-state index contributed by atoms with van der Waals surface area (Å²) in [6.45, 7) is 1.96. The molecule has 0 spiro atoms. The summed E-state index contributed by atoms with van der Waals surface area (Å²) in [4.78, 5) is 12.0. The standard InChI is InChI=1S/C14H16O3/c1-10-5-4-6-11(9-10)13(15)17-14-8-3-2-7-12(14)16-14/h4-6,9,12H,2-3,7-8H2,1H3/t12-,14-/m0/s1. The zero-order chi connectivity index (χ0) is 11.9. The predicted molar refractivity (Wildman–Crippen MR) is 62.7 cm³/mol. The molecule has 2 fully saturated rings. The van der Waals surface area contributed by atoms with Gasteiger partial charge in [0.1, 0.15) is 6.10 Å². The van der Waals surface area contributed by atoms with Crippen LogP contribution in [0.2, 0.25) is 0 Å². The Hall–Kier alpha value is -1.35. The Morgan fingerprint density at radius 1 is 1.47 bits per heavy atom. The highest BCUT2D eigenvalue weighted by Gasteiger charge is 2.61. The van der Waals surface area contributed by atoms with Gasteiger partial charge in [-0.05, 0) is 31.9 Å². The van der Waals surface area contributed by atoms with Gasteiger partial charge in [0.05, 0.1) is 5.56 Å². The van der Waals surface area contributed by atoms with Crippen LogP contribution in [0, 0.1) is 6.92 Å². The number of carbonyl (C=O) groups is 1. The SMILES string of the molecule is Cc1cccc(C(=O)O[C@@]23CCCC[C@@H]2O3)c1. The van der Waals surface area contributed by atoms with Gasteiger partial charge in [-0.2, -0.15) is 0 Å². The molecule has 90 valence electrons. The van der Waals surface area contributed by atoms with Crippen LogP contribution in [0.1, 0.15) is 41.6 Å². The Morgan fingerprint density at radius 3 is 3.12 bits per heavy atom. The van der Waals surface area contributed by atoms with Gasteiger partial charge in [0.15, 0.2) is 0 Å². The van der Waals surface area contributed by atoms with Crippen LogP contribution in [0.15, 0.2) is 24.3 Å². The zero-order valence-corrected chi connectivity index (χ0v) is 9.94. The largest absolute Gasteiger partial charge is 0.427 e. The molecule has 0 bridgehead atoms. The normalized spacial score (nSPS) is 30.5. The van der Waals surface area contributed by atoms with Gasteiger partial charge in [0, 0.05) is 6.42 Å². The molecule has 2 aliphatic rings. The molecular formula is C14H16O3. The van der Waals surface area contributed by atoms with Crippen LogP contribution in [0.5, 0.6) is 0 Å². The van der Waals surface area contributed by atoms with E-state index in [1.165, 1.54) is 6.42 Å². The number of epoxide rings is 1. The molecule has 3 nitrogen and oxygen atoms in total. The number of benzene rings is 1. The third-order valence-electron chi connectivity index (χ3n) is 3.54. The summed E-state index contributed by atoms with van der Waals surface area (Å²) < 4.78 is 11.1. The Balaban J connectivity index is 1.72. The number of fused-ring (bicyclic) bond motifs is 1. The van der Waals surface area contributed by atoms with E-state index < -0.39 is 5.79 Å². The molecule has 17 heavy (non-hydrogen) atoms. The number of ether oxygens (including phenoxy) is 2. The van der Waals surface area contributed by atoms with Gasteiger partial charge in [-0.25, -0.2) is 4.79 Å². The van der Waals surface area contributed by atoms with Gasteiger partial charge < -0.3 is 9.47 Å². The number of hydrogen-bond donors (Lipinski definition) is 0. The number of aryl methyl sites for hydroxylation is 1. The first kappa shape index (κ1) is 10.8. The molecule has 1 heterocycles. The van der Waals surface area contributed by atoms with Crippen molar-refractivity contribution in [2.75, 3.05) is 0 Å². The van der Waals surface area contributed by atoms with Crippen LogP contribution in [0.25, 0.3) is 0 Å². The molecule has 3 rings (SSSR count). The van der Waals surface area contributed by atoms with Crippen molar-refractivity contribution >= 4 is 5.97 Å². The first-order valence-electron chi connectivity index (χ1n) is 6.17. The van der Waals surface area contributed by atoms with Crippen molar-refractivity contribution in [3.05, 3.63) is 35.4 Å². The minimum Gasteiger partial charge on any atom is -0.427 e. The van der Waals surface area contributed by atoms with E-state index in [4.69, 9.17) is 9.47 Å². The highest BCUT2D eigenvalue weighted by atomic mass is 16.8. The minimum absolute atomic E-state index is 0.144. The van der Waals surface area contributed by atoms with Crippen molar-refractivity contribution in [3.8, 4) is 0 Å². The first-order valence-corrected chi connectivity index (χ1v) is 6.17. The van der Waals surface area contributed by atoms with Crippen LogP contribution in [0.3, 0.4) is 0 Å². The van der Waals surface area contributed by atoms with Gasteiger partial charge in [0.25, 0.3) is 0 Å². The van der Waals surface area contributed by atoms with E-state index in [-0.39, 0.29) is 12.1 Å². The van der Waals surface area contributed by atoms with E-state index in [0.717, 1.165) is 24.8 Å². The van der Waals surface area contributed by atoms with E-state index in [0.29, 0.717) is 5.56 Å². The van der Waals surface area contributed by atoms with Gasteiger partial charge in [-0.15, -0.1) is 0 Å². The maximum atomic E-state index is 12.0. The molecule has 1 aliphatic carbocycles. The highest BCUT2D eigenvalue weighted by Crippen LogP contribution is 2.48. The Morgan fingerprint density at radius 2 is 2.35 bits per heavy atom. The molecule has 1 aromatic rings. The van der Waals surface area contributed by atoms with Crippen molar-refractivity contribution in [1.29, 1.82) is 0 Å². The zero-order valence-electron chi connectivity index (χ0n) is 9.94. The Bertz CT molecular complexity index is 455. The third kappa shape index (κ3) is 1.95. The molecule has 0 N–H and O–H groups in total. The number of esters is 1. The summed E-state index contributed by atoms with van der Waals surface area (Å²) in [5, 5.41) is 0. The van der Waals surface area contributed by atoms with Crippen molar-refractivity contribution < 1.29 is 14.3 Å². The summed E-state index contributed by atoms with van der Waals surface area (Å²) in [5.74, 6) is -0.850. The average Bonchev–Trinajstić information content (AvgIpc) is 3.03. The molecule has 1 saturated carbocycles. The molecule has 1 aliphatic heterocycles. The predicted octanol–water partition coefficient (Wildman–Crippen LogP) is 2.82. The lowest BCUT2D eigenvalue weighted by Gasteiger charge is -2.17.